The molecule has 3 aromatic heterocycles. The molecule has 0 aliphatic heterocycles. The molecule has 3 rings (SSSR count). The molecule has 0 saturated carbocycles. The number of pyridine rings is 2. The standard InChI is InChI=1S/C12H10N4O/c1-16-11-10(15-12(16)17)5-9(7-14-11)8-3-2-4-13-6-8/h2-7H,1H3,(H,15,17). The highest BCUT2D eigenvalue weighted by Gasteiger charge is 2.06. The zero-order valence-electron chi connectivity index (χ0n) is 9.21. The Bertz CT molecular complexity index is 727. The molecule has 0 amide bonds. The van der Waals surface area contributed by atoms with E-state index >= 15 is 0 Å². The lowest BCUT2D eigenvalue weighted by atomic mass is 10.1. The van der Waals surface area contributed by atoms with Gasteiger partial charge < -0.3 is 4.98 Å². The first-order valence-electron chi connectivity index (χ1n) is 5.21. The molecule has 3 aromatic rings. The quantitative estimate of drug-likeness (QED) is 0.680. The Kier molecular flexibility index (Phi) is 2.04. The van der Waals surface area contributed by atoms with E-state index in [2.05, 4.69) is 15.0 Å². The maximum Gasteiger partial charge on any atom is 0.327 e. The maximum atomic E-state index is 11.4. The highest BCUT2D eigenvalue weighted by molar-refractivity contribution is 5.77. The number of nitrogens with one attached hydrogen (secondary N) is 1. The molecule has 84 valence electrons. The lowest BCUT2D eigenvalue weighted by Crippen LogP contribution is -2.12. The van der Waals surface area contributed by atoms with Crippen molar-refractivity contribution in [2.75, 3.05) is 0 Å². The van der Waals surface area contributed by atoms with Gasteiger partial charge in [0, 0.05) is 36.8 Å². The van der Waals surface area contributed by atoms with Gasteiger partial charge >= 0.3 is 5.69 Å². The van der Waals surface area contributed by atoms with Crippen molar-refractivity contribution in [3.8, 4) is 11.1 Å². The van der Waals surface area contributed by atoms with Gasteiger partial charge in [0.1, 0.15) is 0 Å². The van der Waals surface area contributed by atoms with E-state index in [1.807, 2.05) is 18.2 Å². The van der Waals surface area contributed by atoms with Gasteiger partial charge in [-0.25, -0.2) is 9.78 Å². The average molecular weight is 226 g/mol. The van der Waals surface area contributed by atoms with E-state index in [1.54, 1.807) is 25.6 Å². The van der Waals surface area contributed by atoms with Crippen LogP contribution in [-0.4, -0.2) is 19.5 Å². The zero-order chi connectivity index (χ0) is 11.8. The average Bonchev–Trinajstić information content (AvgIpc) is 2.66. The summed E-state index contributed by atoms with van der Waals surface area (Å²) in [7, 11) is 1.69. The van der Waals surface area contributed by atoms with Gasteiger partial charge in [0.05, 0.1) is 5.52 Å². The SMILES string of the molecule is Cn1c(=O)[nH]c2cc(-c3cccnc3)cnc21. The number of H-pyrrole nitrogens is 1. The van der Waals surface area contributed by atoms with Crippen LogP contribution in [0.5, 0.6) is 0 Å². The highest BCUT2D eigenvalue weighted by Crippen LogP contribution is 2.19. The first kappa shape index (κ1) is 9.77. The number of hydrogen-bond acceptors (Lipinski definition) is 3. The summed E-state index contributed by atoms with van der Waals surface area (Å²) in [4.78, 5) is 22.5. The fraction of sp³-hybridized carbons (Fsp3) is 0.0833. The molecular weight excluding hydrogens is 216 g/mol. The van der Waals surface area contributed by atoms with Crippen LogP contribution in [0.2, 0.25) is 0 Å². The van der Waals surface area contributed by atoms with E-state index in [0.29, 0.717) is 5.65 Å². The van der Waals surface area contributed by atoms with E-state index in [9.17, 15) is 4.79 Å². The van der Waals surface area contributed by atoms with Crippen molar-refractivity contribution in [2.45, 2.75) is 0 Å². The molecule has 3 heterocycles. The minimum Gasteiger partial charge on any atom is -0.304 e. The topological polar surface area (TPSA) is 63.6 Å². The van der Waals surface area contributed by atoms with Gasteiger partial charge in [0.25, 0.3) is 0 Å². The first-order chi connectivity index (χ1) is 8.25. The Morgan fingerprint density at radius 1 is 1.29 bits per heavy atom. The summed E-state index contributed by atoms with van der Waals surface area (Å²) in [5, 5.41) is 0. The van der Waals surface area contributed by atoms with Gasteiger partial charge in [-0.1, -0.05) is 6.07 Å². The Balaban J connectivity index is 2.24. The zero-order valence-corrected chi connectivity index (χ0v) is 9.21. The third-order valence-electron chi connectivity index (χ3n) is 2.73. The van der Waals surface area contributed by atoms with Crippen molar-refractivity contribution >= 4 is 11.2 Å². The van der Waals surface area contributed by atoms with Crippen LogP contribution < -0.4 is 5.69 Å². The fourth-order valence-electron chi connectivity index (χ4n) is 1.80. The molecule has 0 saturated heterocycles. The van der Waals surface area contributed by atoms with Gasteiger partial charge in [-0.15, -0.1) is 0 Å². The molecule has 5 heteroatoms. The number of fused-ring (bicyclic) bond motifs is 1. The van der Waals surface area contributed by atoms with Crippen LogP contribution >= 0.6 is 0 Å². The Labute approximate surface area is 96.8 Å². The van der Waals surface area contributed by atoms with Gasteiger partial charge in [0.15, 0.2) is 5.65 Å². The van der Waals surface area contributed by atoms with Crippen LogP contribution in [0.3, 0.4) is 0 Å². The highest BCUT2D eigenvalue weighted by atomic mass is 16.1. The molecule has 0 aromatic carbocycles. The number of aromatic amines is 1. The fourth-order valence-corrected chi connectivity index (χ4v) is 1.80. The molecule has 0 aliphatic rings. The minimum absolute atomic E-state index is 0.157. The van der Waals surface area contributed by atoms with E-state index < -0.39 is 0 Å². The monoisotopic (exact) mass is 226 g/mol. The second kappa shape index (κ2) is 3.55. The van der Waals surface area contributed by atoms with Crippen molar-refractivity contribution in [2.24, 2.45) is 7.05 Å². The summed E-state index contributed by atoms with van der Waals surface area (Å²) in [6.07, 6.45) is 5.23. The largest absolute Gasteiger partial charge is 0.327 e. The number of rotatable bonds is 1. The summed E-state index contributed by atoms with van der Waals surface area (Å²) >= 11 is 0. The van der Waals surface area contributed by atoms with Crippen molar-refractivity contribution < 1.29 is 0 Å². The smallest absolute Gasteiger partial charge is 0.304 e. The van der Waals surface area contributed by atoms with Crippen molar-refractivity contribution in [3.63, 3.8) is 0 Å². The van der Waals surface area contributed by atoms with Crippen LogP contribution in [-0.2, 0) is 7.05 Å². The number of aryl methyl sites for hydroxylation is 1. The lowest BCUT2D eigenvalue weighted by Gasteiger charge is -2.00. The van der Waals surface area contributed by atoms with E-state index in [4.69, 9.17) is 0 Å². The molecule has 0 radical (unpaired) electrons. The minimum atomic E-state index is -0.157. The van der Waals surface area contributed by atoms with Crippen molar-refractivity contribution in [1.82, 2.24) is 19.5 Å². The van der Waals surface area contributed by atoms with Crippen LogP contribution in [0.25, 0.3) is 22.3 Å². The molecule has 0 atom stereocenters. The van der Waals surface area contributed by atoms with Gasteiger partial charge in [-0.3, -0.25) is 9.55 Å². The number of nitrogens with zero attached hydrogens (tertiary/aromatic N) is 3. The summed E-state index contributed by atoms with van der Waals surface area (Å²) in [5.74, 6) is 0. The summed E-state index contributed by atoms with van der Waals surface area (Å²) in [6.45, 7) is 0. The molecule has 0 spiro atoms. The number of imidazole rings is 1. The summed E-state index contributed by atoms with van der Waals surface area (Å²) in [6, 6.07) is 5.73. The molecule has 5 nitrogen and oxygen atoms in total. The Morgan fingerprint density at radius 3 is 2.94 bits per heavy atom. The van der Waals surface area contributed by atoms with E-state index in [-0.39, 0.29) is 5.69 Å². The predicted octanol–water partition coefficient (Wildman–Crippen LogP) is 1.32. The lowest BCUT2D eigenvalue weighted by molar-refractivity contribution is 0.879. The second-order valence-electron chi connectivity index (χ2n) is 3.83. The van der Waals surface area contributed by atoms with Crippen LogP contribution in [0.4, 0.5) is 0 Å². The number of aromatic nitrogens is 4. The van der Waals surface area contributed by atoms with Gasteiger partial charge in [-0.2, -0.15) is 0 Å². The summed E-state index contributed by atoms with van der Waals surface area (Å²) < 4.78 is 1.49. The van der Waals surface area contributed by atoms with E-state index in [0.717, 1.165) is 16.6 Å². The number of hydrogen-bond donors (Lipinski definition) is 1. The molecule has 1 N–H and O–H groups in total. The van der Waals surface area contributed by atoms with Crippen LogP contribution in [0.15, 0.2) is 41.6 Å². The predicted molar refractivity (Wildman–Crippen MR) is 64.6 cm³/mol. The molecule has 17 heavy (non-hydrogen) atoms. The van der Waals surface area contributed by atoms with Gasteiger partial charge in [0.2, 0.25) is 0 Å². The van der Waals surface area contributed by atoms with Gasteiger partial charge in [-0.05, 0) is 12.1 Å². The van der Waals surface area contributed by atoms with Crippen molar-refractivity contribution in [1.29, 1.82) is 0 Å². The maximum absolute atomic E-state index is 11.4. The normalized spacial score (nSPS) is 10.9. The van der Waals surface area contributed by atoms with Crippen LogP contribution in [0, 0.1) is 0 Å². The molecule has 0 bridgehead atoms. The Morgan fingerprint density at radius 2 is 2.18 bits per heavy atom. The molecule has 0 fully saturated rings. The van der Waals surface area contributed by atoms with E-state index in [1.165, 1.54) is 4.57 Å². The summed E-state index contributed by atoms with van der Waals surface area (Å²) in [5.41, 5.74) is 3.15. The molecular formula is C12H10N4O. The van der Waals surface area contributed by atoms with Crippen LogP contribution in [0.1, 0.15) is 0 Å². The Hall–Kier alpha value is -2.43. The third kappa shape index (κ3) is 1.52. The molecule has 0 unspecified atom stereocenters. The third-order valence-corrected chi connectivity index (χ3v) is 2.73. The second-order valence-corrected chi connectivity index (χ2v) is 3.83. The first-order valence-corrected chi connectivity index (χ1v) is 5.21. The van der Waals surface area contributed by atoms with Crippen molar-refractivity contribution in [3.05, 3.63) is 47.3 Å². The molecule has 0 aliphatic carbocycles.